The van der Waals surface area contributed by atoms with E-state index in [2.05, 4.69) is 27.2 Å². The van der Waals surface area contributed by atoms with Crippen LogP contribution in [0.1, 0.15) is 19.8 Å². The highest BCUT2D eigenvalue weighted by atomic mass is 35.5. The van der Waals surface area contributed by atoms with Crippen LogP contribution < -0.4 is 10.2 Å². The first kappa shape index (κ1) is 17.5. The van der Waals surface area contributed by atoms with Gasteiger partial charge in [-0.25, -0.2) is 0 Å². The number of piperazine rings is 1. The van der Waals surface area contributed by atoms with Crippen LogP contribution in [0, 0.1) is 0 Å². The minimum atomic E-state index is -0.0984. The van der Waals surface area contributed by atoms with Crippen molar-refractivity contribution in [2.75, 3.05) is 44.2 Å². The molecule has 1 N–H and O–H groups in total. The first-order valence-electron chi connectivity index (χ1n) is 8.77. The third-order valence-corrected chi connectivity index (χ3v) is 5.21. The number of benzene rings is 1. The Hall–Kier alpha value is -1.30. The Kier molecular flexibility index (Phi) is 5.98. The van der Waals surface area contributed by atoms with Crippen LogP contribution in [0.25, 0.3) is 0 Å². The molecule has 0 aliphatic carbocycles. The summed E-state index contributed by atoms with van der Waals surface area (Å²) >= 11 is 5.95. The van der Waals surface area contributed by atoms with Crippen molar-refractivity contribution in [2.45, 2.75) is 31.9 Å². The highest BCUT2D eigenvalue weighted by Crippen LogP contribution is 2.20. The third kappa shape index (κ3) is 4.41. The summed E-state index contributed by atoms with van der Waals surface area (Å²) in [5.74, 6) is 0.102. The fourth-order valence-electron chi connectivity index (χ4n) is 3.35. The van der Waals surface area contributed by atoms with Gasteiger partial charge in [0.15, 0.2) is 0 Å². The molecule has 2 aliphatic rings. The van der Waals surface area contributed by atoms with Crippen LogP contribution in [0.5, 0.6) is 0 Å². The molecule has 3 rings (SSSR count). The van der Waals surface area contributed by atoms with Gasteiger partial charge in [0.1, 0.15) is 0 Å². The number of hydrogen-bond donors (Lipinski definition) is 1. The fraction of sp³-hybridized carbons (Fsp3) is 0.611. The van der Waals surface area contributed by atoms with Crippen LogP contribution in [0.15, 0.2) is 24.3 Å². The topological polar surface area (TPSA) is 44.8 Å². The second-order valence-corrected chi connectivity index (χ2v) is 6.99. The van der Waals surface area contributed by atoms with Crippen molar-refractivity contribution in [3.05, 3.63) is 29.3 Å². The fourth-order valence-corrected chi connectivity index (χ4v) is 3.48. The van der Waals surface area contributed by atoms with E-state index in [0.717, 1.165) is 50.7 Å². The number of hydrogen-bond acceptors (Lipinski definition) is 4. The maximum atomic E-state index is 12.4. The summed E-state index contributed by atoms with van der Waals surface area (Å²) in [6, 6.07) is 7.85. The number of halogens is 1. The highest BCUT2D eigenvalue weighted by Gasteiger charge is 2.26. The number of rotatable bonds is 5. The van der Waals surface area contributed by atoms with Gasteiger partial charge in [0.05, 0.1) is 12.1 Å². The van der Waals surface area contributed by atoms with Crippen LogP contribution in [-0.4, -0.2) is 62.3 Å². The smallest absolute Gasteiger partial charge is 0.237 e. The van der Waals surface area contributed by atoms with E-state index in [4.69, 9.17) is 16.3 Å². The van der Waals surface area contributed by atoms with E-state index in [-0.39, 0.29) is 18.1 Å². The molecular weight excluding hydrogens is 326 g/mol. The molecule has 0 aromatic heterocycles. The normalized spacial score (nSPS) is 23.2. The second kappa shape index (κ2) is 8.19. The summed E-state index contributed by atoms with van der Waals surface area (Å²) in [6.07, 6.45) is 2.35. The van der Waals surface area contributed by atoms with Gasteiger partial charge in [-0.05, 0) is 44.0 Å². The molecule has 5 nitrogen and oxygen atoms in total. The molecule has 2 fully saturated rings. The van der Waals surface area contributed by atoms with E-state index < -0.39 is 0 Å². The average molecular weight is 352 g/mol. The Morgan fingerprint density at radius 1 is 1.29 bits per heavy atom. The Bertz CT molecular complexity index is 538. The minimum Gasteiger partial charge on any atom is -0.376 e. The lowest BCUT2D eigenvalue weighted by Gasteiger charge is -2.38. The van der Waals surface area contributed by atoms with E-state index in [1.165, 1.54) is 5.69 Å². The first-order chi connectivity index (χ1) is 11.6. The van der Waals surface area contributed by atoms with Gasteiger partial charge in [0.2, 0.25) is 5.91 Å². The van der Waals surface area contributed by atoms with Crippen molar-refractivity contribution in [3.8, 4) is 0 Å². The second-order valence-electron chi connectivity index (χ2n) is 6.56. The Labute approximate surface area is 148 Å². The minimum absolute atomic E-state index is 0.0984. The Balaban J connectivity index is 1.44. The molecule has 1 aromatic rings. The largest absolute Gasteiger partial charge is 0.376 e. The number of carbonyl (C=O) groups is 1. The van der Waals surface area contributed by atoms with E-state index in [1.54, 1.807) is 0 Å². The number of anilines is 1. The summed E-state index contributed by atoms with van der Waals surface area (Å²) in [7, 11) is 0. The Morgan fingerprint density at radius 3 is 2.62 bits per heavy atom. The number of nitrogens with zero attached hydrogens (tertiary/aromatic N) is 2. The average Bonchev–Trinajstić information content (AvgIpc) is 3.13. The van der Waals surface area contributed by atoms with E-state index in [9.17, 15) is 4.79 Å². The van der Waals surface area contributed by atoms with Crippen LogP contribution >= 0.6 is 11.6 Å². The lowest BCUT2D eigenvalue weighted by Crippen LogP contribution is -2.54. The standard InChI is InChI=1S/C18H26ClN3O2/c1-14(18(23)20-13-17-3-2-12-24-17)21-8-10-22(11-9-21)16-6-4-15(19)5-7-16/h4-7,14,17H,2-3,8-13H2,1H3,(H,20,23)/t14-,17-/m1/s1. The van der Waals surface area contributed by atoms with Crippen LogP contribution in [0.3, 0.4) is 0 Å². The van der Waals surface area contributed by atoms with Crippen molar-refractivity contribution >= 4 is 23.2 Å². The quantitative estimate of drug-likeness (QED) is 0.882. The third-order valence-electron chi connectivity index (χ3n) is 4.96. The van der Waals surface area contributed by atoms with Crippen molar-refractivity contribution in [2.24, 2.45) is 0 Å². The number of nitrogens with one attached hydrogen (secondary N) is 1. The van der Waals surface area contributed by atoms with E-state index in [1.807, 2.05) is 19.1 Å². The molecule has 2 aliphatic heterocycles. The van der Waals surface area contributed by atoms with Crippen LogP contribution in [-0.2, 0) is 9.53 Å². The molecule has 2 atom stereocenters. The van der Waals surface area contributed by atoms with E-state index >= 15 is 0 Å². The van der Waals surface area contributed by atoms with E-state index in [0.29, 0.717) is 6.54 Å². The molecule has 0 bridgehead atoms. The van der Waals surface area contributed by atoms with Gasteiger partial charge < -0.3 is 15.0 Å². The number of carbonyl (C=O) groups excluding carboxylic acids is 1. The monoisotopic (exact) mass is 351 g/mol. The summed E-state index contributed by atoms with van der Waals surface area (Å²) in [5.41, 5.74) is 1.19. The number of amides is 1. The SMILES string of the molecule is C[C@H](C(=O)NC[C@H]1CCCO1)N1CCN(c2ccc(Cl)cc2)CC1. The first-order valence-corrected chi connectivity index (χ1v) is 9.15. The zero-order chi connectivity index (χ0) is 16.9. The van der Waals surface area contributed by atoms with Crippen molar-refractivity contribution in [1.82, 2.24) is 10.2 Å². The van der Waals surface area contributed by atoms with Gasteiger partial charge in [-0.1, -0.05) is 11.6 Å². The zero-order valence-corrected chi connectivity index (χ0v) is 15.0. The molecule has 0 radical (unpaired) electrons. The molecule has 2 heterocycles. The summed E-state index contributed by atoms with van der Waals surface area (Å²) in [6.45, 7) is 7.06. The maximum Gasteiger partial charge on any atom is 0.237 e. The molecule has 6 heteroatoms. The van der Waals surface area contributed by atoms with Gasteiger partial charge >= 0.3 is 0 Å². The van der Waals surface area contributed by atoms with Crippen molar-refractivity contribution < 1.29 is 9.53 Å². The van der Waals surface area contributed by atoms with Gasteiger partial charge in [0, 0.05) is 50.0 Å². The predicted molar refractivity (Wildman–Crippen MR) is 96.7 cm³/mol. The molecule has 0 saturated carbocycles. The van der Waals surface area contributed by atoms with Crippen molar-refractivity contribution in [1.29, 1.82) is 0 Å². The Morgan fingerprint density at radius 2 is 2.00 bits per heavy atom. The molecule has 2 saturated heterocycles. The molecule has 0 spiro atoms. The summed E-state index contributed by atoms with van der Waals surface area (Å²) < 4.78 is 5.56. The van der Waals surface area contributed by atoms with Crippen LogP contribution in [0.4, 0.5) is 5.69 Å². The van der Waals surface area contributed by atoms with Gasteiger partial charge in [-0.15, -0.1) is 0 Å². The highest BCUT2D eigenvalue weighted by molar-refractivity contribution is 6.30. The van der Waals surface area contributed by atoms with Crippen molar-refractivity contribution in [3.63, 3.8) is 0 Å². The number of ether oxygens (including phenoxy) is 1. The lowest BCUT2D eigenvalue weighted by atomic mass is 10.2. The molecule has 1 aromatic carbocycles. The molecule has 0 unspecified atom stereocenters. The van der Waals surface area contributed by atoms with Gasteiger partial charge in [-0.3, -0.25) is 9.69 Å². The predicted octanol–water partition coefficient (Wildman–Crippen LogP) is 2.15. The molecular formula is C18H26ClN3O2. The maximum absolute atomic E-state index is 12.4. The lowest BCUT2D eigenvalue weighted by molar-refractivity contribution is -0.126. The summed E-state index contributed by atoms with van der Waals surface area (Å²) in [4.78, 5) is 16.9. The molecule has 1 amide bonds. The van der Waals surface area contributed by atoms with Gasteiger partial charge in [0.25, 0.3) is 0 Å². The molecule has 24 heavy (non-hydrogen) atoms. The molecule has 132 valence electrons. The summed E-state index contributed by atoms with van der Waals surface area (Å²) in [5, 5.41) is 3.80. The zero-order valence-electron chi connectivity index (χ0n) is 14.2. The van der Waals surface area contributed by atoms with Gasteiger partial charge in [-0.2, -0.15) is 0 Å². The van der Waals surface area contributed by atoms with Crippen LogP contribution in [0.2, 0.25) is 5.02 Å².